The molecule has 5 atom stereocenters. The van der Waals surface area contributed by atoms with Crippen LogP contribution < -0.4 is 5.73 Å². The number of imidazole rings is 1. The molecule has 2 aromatic rings. The molecule has 0 radical (unpaired) electrons. The van der Waals surface area contributed by atoms with Crippen molar-refractivity contribution in [2.75, 3.05) is 25.6 Å². The van der Waals surface area contributed by atoms with Gasteiger partial charge >= 0.3 is 18.4 Å². The third-order valence-corrected chi connectivity index (χ3v) is 9.14. The largest absolute Gasteiger partial charge is 0.508 e. The molecule has 0 aromatic carbocycles. The van der Waals surface area contributed by atoms with E-state index in [4.69, 9.17) is 35.8 Å². The molecule has 5 fully saturated rings. The zero-order valence-corrected chi connectivity index (χ0v) is 22.2. The number of anilines is 1. The van der Waals surface area contributed by atoms with E-state index < -0.39 is 42.9 Å². The van der Waals surface area contributed by atoms with Gasteiger partial charge in [0.25, 0.3) is 0 Å². The highest BCUT2D eigenvalue weighted by molar-refractivity contribution is 5.81. The van der Waals surface area contributed by atoms with E-state index in [0.717, 1.165) is 24.2 Å². The van der Waals surface area contributed by atoms with Gasteiger partial charge < -0.3 is 29.4 Å². The first-order valence-corrected chi connectivity index (χ1v) is 13.7. The predicted octanol–water partition coefficient (Wildman–Crippen LogP) is 3.75. The van der Waals surface area contributed by atoms with Crippen molar-refractivity contribution < 1.29 is 37.7 Å². The lowest BCUT2D eigenvalue weighted by molar-refractivity contribution is -0.105. The number of rotatable bonds is 8. The number of hydrogen-bond acceptors (Lipinski definition) is 11. The van der Waals surface area contributed by atoms with Crippen molar-refractivity contribution in [3.05, 3.63) is 12.4 Å². The topological polar surface area (TPSA) is 150 Å². The van der Waals surface area contributed by atoms with Gasteiger partial charge in [-0.1, -0.05) is 5.92 Å². The number of aromatic nitrogens is 4. The zero-order chi connectivity index (χ0) is 28.1. The monoisotopic (exact) mass is 557 g/mol. The maximum Gasteiger partial charge on any atom is 0.508 e. The Hall–Kier alpha value is -3.66. The maximum absolute atomic E-state index is 13.9. The average Bonchev–Trinajstić information content (AvgIpc) is 3.61. The fraction of sp³-hybridized carbons (Fsp3) is 0.667. The van der Waals surface area contributed by atoms with Gasteiger partial charge in [0.1, 0.15) is 12.8 Å². The molecule has 5 aliphatic rings. The summed E-state index contributed by atoms with van der Waals surface area (Å²) < 4.78 is 42.7. The Labute approximate surface area is 230 Å². The highest BCUT2D eigenvalue weighted by Gasteiger charge is 2.57. The highest BCUT2D eigenvalue weighted by atomic mass is 19.1. The Morgan fingerprint density at radius 3 is 2.67 bits per heavy atom. The van der Waals surface area contributed by atoms with Crippen LogP contribution >= 0.6 is 0 Å². The quantitative estimate of drug-likeness (QED) is 0.287. The molecule has 214 valence electrons. The third kappa shape index (κ3) is 4.58. The van der Waals surface area contributed by atoms with E-state index in [1.807, 2.05) is 0 Å². The number of terminal acetylenes is 1. The summed E-state index contributed by atoms with van der Waals surface area (Å²) in [5.74, 6) is 4.70. The fourth-order valence-corrected chi connectivity index (χ4v) is 7.66. The Morgan fingerprint density at radius 1 is 1.18 bits per heavy atom. The number of carbonyl (C=O) groups excluding carboxylic acids is 2. The molecular formula is C27H32FN5O7. The lowest BCUT2D eigenvalue weighted by Gasteiger charge is -2.32. The fourth-order valence-electron chi connectivity index (χ4n) is 7.66. The molecule has 4 bridgehead atoms. The van der Waals surface area contributed by atoms with Crippen LogP contribution in [0.4, 0.5) is 19.8 Å². The lowest BCUT2D eigenvalue weighted by atomic mass is 9.74. The van der Waals surface area contributed by atoms with Crippen molar-refractivity contribution in [2.45, 2.75) is 69.8 Å². The summed E-state index contributed by atoms with van der Waals surface area (Å²) in [7, 11) is 0. The van der Waals surface area contributed by atoms with E-state index in [1.165, 1.54) is 43.0 Å². The van der Waals surface area contributed by atoms with Gasteiger partial charge in [0.2, 0.25) is 5.60 Å². The molecule has 2 N–H and O–H groups in total. The first kappa shape index (κ1) is 26.6. The molecule has 40 heavy (non-hydrogen) atoms. The van der Waals surface area contributed by atoms with Crippen LogP contribution in [0.2, 0.25) is 0 Å². The van der Waals surface area contributed by atoms with Crippen LogP contribution in [-0.2, 0) is 23.7 Å². The van der Waals surface area contributed by atoms with Crippen molar-refractivity contribution in [3.63, 3.8) is 0 Å². The first-order chi connectivity index (χ1) is 19.2. The Balaban J connectivity index is 1.13. The van der Waals surface area contributed by atoms with E-state index in [0.29, 0.717) is 0 Å². The van der Waals surface area contributed by atoms with Crippen molar-refractivity contribution in [2.24, 2.45) is 23.2 Å². The third-order valence-electron chi connectivity index (χ3n) is 9.14. The summed E-state index contributed by atoms with van der Waals surface area (Å²) in [5.41, 5.74) is 4.60. The summed E-state index contributed by atoms with van der Waals surface area (Å²) in [4.78, 5) is 36.2. The second-order valence-electron chi connectivity index (χ2n) is 11.4. The molecule has 1 saturated heterocycles. The number of carbonyl (C=O) groups is 2. The molecule has 13 heteroatoms. The van der Waals surface area contributed by atoms with Crippen molar-refractivity contribution >= 4 is 29.3 Å². The van der Waals surface area contributed by atoms with Crippen LogP contribution in [0.15, 0.2) is 6.33 Å². The lowest BCUT2D eigenvalue weighted by Crippen LogP contribution is -2.45. The van der Waals surface area contributed by atoms with E-state index in [-0.39, 0.29) is 42.0 Å². The summed E-state index contributed by atoms with van der Waals surface area (Å²) in [5, 5.41) is 0. The number of ether oxygens (including phenoxy) is 5. The van der Waals surface area contributed by atoms with Crippen LogP contribution in [0, 0.1) is 41.6 Å². The minimum atomic E-state index is -1.69. The maximum atomic E-state index is 13.9. The van der Waals surface area contributed by atoms with Gasteiger partial charge in [-0.2, -0.15) is 14.4 Å². The molecule has 7 rings (SSSR count). The first-order valence-electron chi connectivity index (χ1n) is 13.7. The molecule has 3 heterocycles. The number of fused-ring (bicyclic) bond motifs is 1. The number of nitrogens with zero attached hydrogens (tertiary/aromatic N) is 4. The predicted molar refractivity (Wildman–Crippen MR) is 136 cm³/mol. The van der Waals surface area contributed by atoms with Crippen molar-refractivity contribution in [1.82, 2.24) is 19.5 Å². The molecule has 0 amide bonds. The van der Waals surface area contributed by atoms with E-state index in [9.17, 15) is 14.0 Å². The number of nitrogens with two attached hydrogens (primary N) is 1. The van der Waals surface area contributed by atoms with Gasteiger partial charge in [-0.3, -0.25) is 4.57 Å². The second kappa shape index (κ2) is 10.1. The average molecular weight is 558 g/mol. The summed E-state index contributed by atoms with van der Waals surface area (Å²) in [6.45, 7) is 1.50. The molecule has 2 aromatic heterocycles. The van der Waals surface area contributed by atoms with Crippen LogP contribution in [0.5, 0.6) is 0 Å². The van der Waals surface area contributed by atoms with Crippen LogP contribution in [0.3, 0.4) is 0 Å². The molecule has 0 spiro atoms. The number of nitrogen functional groups attached to an aromatic ring is 1. The number of halogens is 1. The van der Waals surface area contributed by atoms with E-state index in [1.54, 1.807) is 6.92 Å². The van der Waals surface area contributed by atoms with E-state index in [2.05, 4.69) is 20.9 Å². The van der Waals surface area contributed by atoms with Gasteiger partial charge in [0.05, 0.1) is 19.5 Å². The number of hydrogen-bond donors (Lipinski definition) is 1. The molecule has 1 aliphatic heterocycles. The van der Waals surface area contributed by atoms with Crippen molar-refractivity contribution in [1.29, 1.82) is 0 Å². The molecule has 2 unspecified atom stereocenters. The highest BCUT2D eigenvalue weighted by Crippen LogP contribution is 2.66. The van der Waals surface area contributed by atoms with Gasteiger partial charge in [-0.15, -0.1) is 6.42 Å². The molecule has 4 saturated carbocycles. The summed E-state index contributed by atoms with van der Waals surface area (Å²) >= 11 is 0. The van der Waals surface area contributed by atoms with Crippen LogP contribution in [0.25, 0.3) is 11.2 Å². The Bertz CT molecular complexity index is 1350. The molecular weight excluding hydrogens is 525 g/mol. The smallest absolute Gasteiger partial charge is 0.435 e. The molecule has 4 aliphatic carbocycles. The van der Waals surface area contributed by atoms with Crippen molar-refractivity contribution in [3.8, 4) is 12.3 Å². The zero-order valence-electron chi connectivity index (χ0n) is 22.2. The van der Waals surface area contributed by atoms with Gasteiger partial charge in [-0.05, 0) is 68.6 Å². The van der Waals surface area contributed by atoms with Gasteiger partial charge in [-0.25, -0.2) is 14.6 Å². The summed E-state index contributed by atoms with van der Waals surface area (Å²) in [6.07, 6.45) is 9.50. The normalized spacial score (nSPS) is 33.7. The van der Waals surface area contributed by atoms with Crippen LogP contribution in [-0.4, -0.2) is 63.4 Å². The van der Waals surface area contributed by atoms with Gasteiger partial charge in [0.15, 0.2) is 23.1 Å². The standard InChI is InChI=1S/C27H32FN5O7/c1-3-27(13-38-24(34)37-6-5-26-11-15-7-16(12-26)9-17(26)8-15)18(39-25(35)36-4-2)10-19(40-27)33-14-30-20-21(29)31-23(28)32-22(20)33/h1,14-19H,4-13H2,2H3,(H2,29,31,32)/t15?,16?,17?,18-,19+,26?,27+/m0/s1. The Morgan fingerprint density at radius 2 is 1.95 bits per heavy atom. The minimum Gasteiger partial charge on any atom is -0.435 e. The van der Waals surface area contributed by atoms with E-state index >= 15 is 0 Å². The second-order valence-corrected chi connectivity index (χ2v) is 11.4. The molecule has 12 nitrogen and oxygen atoms in total. The summed E-state index contributed by atoms with van der Waals surface area (Å²) in [6, 6.07) is 0. The van der Waals surface area contributed by atoms with Gasteiger partial charge in [0, 0.05) is 6.42 Å². The van der Waals surface area contributed by atoms with Crippen LogP contribution in [0.1, 0.15) is 58.1 Å². The SMILES string of the molecule is C#C[C@]1(COC(=O)OCCC23CC4CC(CC2C4)C3)O[C@@H](n2cnc3c(N)nc(F)nc32)C[C@@H]1OC(=O)OCC. The minimum absolute atomic E-state index is 0.00461. The Kier molecular flexibility index (Phi) is 6.68.